The molecule has 0 fully saturated rings. The zero-order valence-corrected chi connectivity index (χ0v) is 18.4. The van der Waals surface area contributed by atoms with Crippen molar-refractivity contribution in [3.63, 3.8) is 0 Å². The highest BCUT2D eigenvalue weighted by Crippen LogP contribution is 2.40. The monoisotopic (exact) mass is 354 g/mol. The number of ether oxygens (including phenoxy) is 1. The molecule has 3 nitrogen and oxygen atoms in total. The predicted octanol–water partition coefficient (Wildman–Crippen LogP) is 5.71. The molecule has 0 unspecified atom stereocenters. The number of allylic oxidation sites excluding steroid dienone is 1. The van der Waals surface area contributed by atoms with Crippen LogP contribution in [0.1, 0.15) is 68.2 Å². The van der Waals surface area contributed by atoms with Gasteiger partial charge in [0, 0.05) is 11.5 Å². The summed E-state index contributed by atoms with van der Waals surface area (Å²) in [6.07, 6.45) is 1.86. The smallest absolute Gasteiger partial charge is 0.192 e. The third-order valence-corrected chi connectivity index (χ3v) is 10.5. The molecule has 0 saturated carbocycles. The van der Waals surface area contributed by atoms with Crippen molar-refractivity contribution in [2.24, 2.45) is 11.8 Å². The van der Waals surface area contributed by atoms with Gasteiger partial charge in [0.05, 0.1) is 12.0 Å². The first-order chi connectivity index (χ1) is 10.9. The molecule has 0 aromatic rings. The van der Waals surface area contributed by atoms with Gasteiger partial charge in [-0.15, -0.1) is 0 Å². The van der Waals surface area contributed by atoms with E-state index >= 15 is 0 Å². The largest absolute Gasteiger partial charge is 0.493 e. The lowest BCUT2D eigenvalue weighted by Crippen LogP contribution is -2.46. The van der Waals surface area contributed by atoms with Crippen molar-refractivity contribution in [2.75, 3.05) is 0 Å². The van der Waals surface area contributed by atoms with Crippen molar-refractivity contribution in [3.05, 3.63) is 11.3 Å². The van der Waals surface area contributed by atoms with Crippen molar-refractivity contribution < 1.29 is 14.0 Å². The van der Waals surface area contributed by atoms with Gasteiger partial charge in [0.25, 0.3) is 0 Å². The Morgan fingerprint density at radius 2 is 1.79 bits per heavy atom. The zero-order chi connectivity index (χ0) is 18.9. The number of Topliss-reactive ketones (excluding diaryl/α,β-unsaturated/α-hetero) is 1. The van der Waals surface area contributed by atoms with Gasteiger partial charge in [-0.25, -0.2) is 0 Å². The van der Waals surface area contributed by atoms with Crippen LogP contribution >= 0.6 is 0 Å². The van der Waals surface area contributed by atoms with Crippen molar-refractivity contribution in [1.82, 2.24) is 0 Å². The first kappa shape index (κ1) is 21.4. The van der Waals surface area contributed by atoms with Gasteiger partial charge in [-0.1, -0.05) is 48.5 Å². The minimum absolute atomic E-state index is 0.0102. The fourth-order valence-corrected chi connectivity index (χ4v) is 4.62. The van der Waals surface area contributed by atoms with Gasteiger partial charge in [-0.2, -0.15) is 0 Å². The van der Waals surface area contributed by atoms with Crippen molar-refractivity contribution in [2.45, 2.75) is 98.6 Å². The lowest BCUT2D eigenvalue weighted by molar-refractivity contribution is -0.126. The van der Waals surface area contributed by atoms with E-state index in [1.165, 1.54) is 0 Å². The maximum Gasteiger partial charge on any atom is 0.192 e. The van der Waals surface area contributed by atoms with Gasteiger partial charge < -0.3 is 9.16 Å². The summed E-state index contributed by atoms with van der Waals surface area (Å²) in [6.45, 7) is 21.6. The van der Waals surface area contributed by atoms with Gasteiger partial charge in [0.15, 0.2) is 14.1 Å². The molecule has 0 saturated heterocycles. The minimum atomic E-state index is -1.86. The highest BCUT2D eigenvalue weighted by atomic mass is 28.4. The summed E-state index contributed by atoms with van der Waals surface area (Å²) < 4.78 is 12.9. The second-order valence-corrected chi connectivity index (χ2v) is 13.6. The van der Waals surface area contributed by atoms with Gasteiger partial charge in [-0.3, -0.25) is 4.79 Å². The standard InChI is InChI=1S/C20H38O3Si/c1-11-16-13(3)18(21)15(5)19(22-16)14(4)17(12-2)23-24(9,10)20(6,7)8/h13-14,16-17H,11-12H2,1-10H3/t13-,14+,16+,17+/m1/s1. The number of carbonyl (C=O) groups excluding carboxylic acids is 1. The first-order valence-corrected chi connectivity index (χ1v) is 12.4. The van der Waals surface area contributed by atoms with E-state index in [4.69, 9.17) is 9.16 Å². The second kappa shape index (κ2) is 7.73. The van der Waals surface area contributed by atoms with Crippen molar-refractivity contribution >= 4 is 14.1 Å². The fourth-order valence-electron chi connectivity index (χ4n) is 3.13. The Balaban J connectivity index is 3.09. The fraction of sp³-hybridized carbons (Fsp3) is 0.850. The molecule has 1 heterocycles. The maximum atomic E-state index is 12.6. The Morgan fingerprint density at radius 3 is 2.21 bits per heavy atom. The average Bonchev–Trinajstić information content (AvgIpc) is 2.49. The van der Waals surface area contributed by atoms with Crippen LogP contribution in [-0.4, -0.2) is 26.3 Å². The van der Waals surface area contributed by atoms with Crippen LogP contribution in [-0.2, 0) is 14.0 Å². The van der Waals surface area contributed by atoms with Gasteiger partial charge in [-0.05, 0) is 37.9 Å². The summed E-state index contributed by atoms with van der Waals surface area (Å²) in [7, 11) is -1.86. The molecule has 24 heavy (non-hydrogen) atoms. The average molecular weight is 355 g/mol. The highest BCUT2D eigenvalue weighted by molar-refractivity contribution is 6.74. The molecule has 0 radical (unpaired) electrons. The molecule has 0 N–H and O–H groups in total. The van der Waals surface area contributed by atoms with Crippen molar-refractivity contribution in [1.29, 1.82) is 0 Å². The maximum absolute atomic E-state index is 12.6. The van der Waals surface area contributed by atoms with Crippen LogP contribution in [0, 0.1) is 11.8 Å². The van der Waals surface area contributed by atoms with Gasteiger partial charge in [0.1, 0.15) is 11.9 Å². The van der Waals surface area contributed by atoms with Crippen LogP contribution in [0.15, 0.2) is 11.3 Å². The van der Waals surface area contributed by atoms with Gasteiger partial charge >= 0.3 is 0 Å². The Bertz CT molecular complexity index is 488. The van der Waals surface area contributed by atoms with E-state index in [0.29, 0.717) is 0 Å². The normalized spacial score (nSPS) is 25.5. The lowest BCUT2D eigenvalue weighted by Gasteiger charge is -2.42. The van der Waals surface area contributed by atoms with Crippen LogP contribution in [0.3, 0.4) is 0 Å². The molecule has 0 aromatic carbocycles. The van der Waals surface area contributed by atoms with E-state index in [-0.39, 0.29) is 34.9 Å². The molecular formula is C20H38O3Si. The molecule has 1 aliphatic heterocycles. The lowest BCUT2D eigenvalue weighted by atomic mass is 9.86. The SMILES string of the molecule is CC[C@H](O[Si](C)(C)C(C)(C)C)[C@H](C)C1=C(C)C(=O)[C@H](C)[C@H](CC)O1. The van der Waals surface area contributed by atoms with Crippen LogP contribution < -0.4 is 0 Å². The Kier molecular flexibility index (Phi) is 6.91. The number of hydrogen-bond donors (Lipinski definition) is 0. The summed E-state index contributed by atoms with van der Waals surface area (Å²) in [5.74, 6) is 1.15. The number of ketones is 1. The van der Waals surface area contributed by atoms with Crippen LogP contribution in [0.5, 0.6) is 0 Å². The molecule has 0 bridgehead atoms. The second-order valence-electron chi connectivity index (χ2n) is 8.82. The Morgan fingerprint density at radius 1 is 1.25 bits per heavy atom. The summed E-state index contributed by atoms with van der Waals surface area (Å²) in [6, 6.07) is 0. The molecule has 0 amide bonds. The highest BCUT2D eigenvalue weighted by Gasteiger charge is 2.42. The van der Waals surface area contributed by atoms with Crippen LogP contribution in [0.4, 0.5) is 0 Å². The predicted molar refractivity (Wildman–Crippen MR) is 104 cm³/mol. The molecule has 0 spiro atoms. The Labute approximate surface area is 150 Å². The number of carbonyl (C=O) groups is 1. The molecule has 0 aliphatic carbocycles. The first-order valence-electron chi connectivity index (χ1n) is 9.46. The van der Waals surface area contributed by atoms with Crippen molar-refractivity contribution in [3.8, 4) is 0 Å². The minimum Gasteiger partial charge on any atom is -0.493 e. The molecule has 4 atom stereocenters. The molecule has 1 aliphatic rings. The zero-order valence-electron chi connectivity index (χ0n) is 17.4. The molecule has 140 valence electrons. The van der Waals surface area contributed by atoms with Crippen LogP contribution in [0.25, 0.3) is 0 Å². The van der Waals surface area contributed by atoms with E-state index in [0.717, 1.165) is 24.2 Å². The molecular weight excluding hydrogens is 316 g/mol. The summed E-state index contributed by atoms with van der Waals surface area (Å²) in [5, 5.41) is 0.174. The van der Waals surface area contributed by atoms with E-state index < -0.39 is 8.32 Å². The summed E-state index contributed by atoms with van der Waals surface area (Å²) in [5.41, 5.74) is 0.789. The number of rotatable bonds is 6. The van der Waals surface area contributed by atoms with E-state index in [2.05, 4.69) is 54.6 Å². The summed E-state index contributed by atoms with van der Waals surface area (Å²) >= 11 is 0. The third-order valence-electron chi connectivity index (χ3n) is 6.02. The third kappa shape index (κ3) is 4.32. The molecule has 1 rings (SSSR count). The van der Waals surface area contributed by atoms with E-state index in [9.17, 15) is 4.79 Å². The molecule has 4 heteroatoms. The quantitative estimate of drug-likeness (QED) is 0.573. The van der Waals surface area contributed by atoms with Crippen LogP contribution in [0.2, 0.25) is 18.1 Å². The topological polar surface area (TPSA) is 35.5 Å². The Hall–Kier alpha value is -0.613. The van der Waals surface area contributed by atoms with Gasteiger partial charge in [0.2, 0.25) is 0 Å². The number of hydrogen-bond acceptors (Lipinski definition) is 3. The van der Waals surface area contributed by atoms with E-state index in [1.54, 1.807) is 0 Å². The molecule has 0 aromatic heterocycles. The van der Waals surface area contributed by atoms with E-state index in [1.807, 2.05) is 13.8 Å². The summed E-state index contributed by atoms with van der Waals surface area (Å²) in [4.78, 5) is 12.6.